The van der Waals surface area contributed by atoms with Crippen molar-refractivity contribution in [3.05, 3.63) is 18.6 Å². The molecule has 0 unspecified atom stereocenters. The molecule has 0 aromatic carbocycles. The summed E-state index contributed by atoms with van der Waals surface area (Å²) in [4.78, 5) is 0. The molecule has 0 bridgehead atoms. The molecule has 2 rings (SSSR count). The molecular weight excluding hydrogens is 420 g/mol. The van der Waals surface area contributed by atoms with Gasteiger partial charge in [0.2, 0.25) is 0 Å². The van der Waals surface area contributed by atoms with Gasteiger partial charge >= 0.3 is 5.95 Å². The molecule has 2 aromatic rings. The number of rotatable bonds is 10. The fourth-order valence-electron chi connectivity index (χ4n) is 2.48. The smallest absolute Gasteiger partial charge is 0.421 e. The van der Waals surface area contributed by atoms with Gasteiger partial charge in [-0.05, 0) is 12.8 Å². The molecule has 26 heavy (non-hydrogen) atoms. The molecule has 0 atom stereocenters. The first kappa shape index (κ1) is 24.6. The van der Waals surface area contributed by atoms with Crippen LogP contribution >= 0.6 is 11.6 Å². The lowest BCUT2D eigenvalue weighted by Crippen LogP contribution is -3.00. The number of nitrogens with two attached hydrogens (primary N) is 1. The van der Waals surface area contributed by atoms with Gasteiger partial charge in [0.05, 0.1) is 32.2 Å². The van der Waals surface area contributed by atoms with E-state index in [0.717, 1.165) is 31.9 Å². The van der Waals surface area contributed by atoms with Crippen molar-refractivity contribution in [1.82, 2.24) is 20.5 Å². The van der Waals surface area contributed by atoms with Crippen LogP contribution in [0.25, 0.3) is 0 Å². The van der Waals surface area contributed by atoms with Gasteiger partial charge in [0, 0.05) is 17.5 Å². The number of alkyl halides is 1. The van der Waals surface area contributed by atoms with Crippen LogP contribution in [0, 0.1) is 0 Å². The highest BCUT2D eigenvalue weighted by Crippen LogP contribution is 2.23. The Morgan fingerprint density at radius 1 is 1.19 bits per heavy atom. The molecule has 0 amide bonds. The molecule has 0 aliphatic rings. The van der Waals surface area contributed by atoms with E-state index in [9.17, 15) is 0 Å². The molecule has 0 radical (unpaired) electrons. The third-order valence-electron chi connectivity index (χ3n) is 3.91. The van der Waals surface area contributed by atoms with Gasteiger partial charge < -0.3 is 28.9 Å². The van der Waals surface area contributed by atoms with Crippen molar-refractivity contribution < 1.29 is 21.5 Å². The summed E-state index contributed by atoms with van der Waals surface area (Å²) in [6.07, 6.45) is 11.2. The Balaban J connectivity index is 0.00000312. The summed E-state index contributed by atoms with van der Waals surface area (Å²) in [5, 5.41) is 12.9. The van der Waals surface area contributed by atoms with Crippen LogP contribution < -0.4 is 33.4 Å². The lowest BCUT2D eigenvalue weighted by atomic mass is 10.2. The number of aryl methyl sites for hydroxylation is 3. The number of azo groups is 1. The van der Waals surface area contributed by atoms with Crippen LogP contribution in [0.5, 0.6) is 0 Å². The Hall–Kier alpha value is -1.45. The van der Waals surface area contributed by atoms with E-state index in [1.54, 1.807) is 10.9 Å². The zero-order valence-corrected chi connectivity index (χ0v) is 18.0. The van der Waals surface area contributed by atoms with Crippen molar-refractivity contribution in [2.24, 2.45) is 17.3 Å². The molecule has 0 spiro atoms. The Labute approximate surface area is 170 Å². The maximum atomic E-state index is 6.13. The second kappa shape index (κ2) is 12.8. The highest BCUT2D eigenvalue weighted by molar-refractivity contribution is 6.17. The monoisotopic (exact) mass is 448 g/mol. The van der Waals surface area contributed by atoms with E-state index in [0.29, 0.717) is 17.4 Å². The molecule has 8 nitrogen and oxygen atoms in total. The van der Waals surface area contributed by atoms with Crippen LogP contribution in [0.2, 0.25) is 0 Å². The first-order chi connectivity index (χ1) is 11.7. The third-order valence-corrected chi connectivity index (χ3v) is 4.17. The van der Waals surface area contributed by atoms with Crippen LogP contribution in [-0.2, 0) is 20.1 Å². The Kier molecular flexibility index (Phi) is 12.1. The first-order valence-corrected chi connectivity index (χ1v) is 9.04. The largest absolute Gasteiger partial charge is 1.00 e. The van der Waals surface area contributed by atoms with Crippen molar-refractivity contribution in [3.8, 4) is 0 Å². The molecule has 2 aromatic heterocycles. The lowest BCUT2D eigenvalue weighted by molar-refractivity contribution is -0.657. The number of nitrogens with zero attached hydrogens (tertiary/aromatic N) is 6. The number of hydrogen-bond donors (Lipinski definition) is 2. The number of anilines is 1. The van der Waals surface area contributed by atoms with Crippen LogP contribution in [0.3, 0.4) is 0 Å². The van der Waals surface area contributed by atoms with Crippen LogP contribution in [0.4, 0.5) is 17.5 Å². The van der Waals surface area contributed by atoms with Gasteiger partial charge in [-0.2, -0.15) is 5.10 Å². The number of nitrogen functional groups attached to an aromatic ring is 1. The summed E-state index contributed by atoms with van der Waals surface area (Å²) in [7, 11) is 1.94. The molecule has 0 fully saturated rings. The molecule has 148 valence electrons. The van der Waals surface area contributed by atoms with Crippen LogP contribution in [0.1, 0.15) is 39.0 Å². The van der Waals surface area contributed by atoms with E-state index in [1.165, 1.54) is 19.3 Å². The molecule has 0 saturated heterocycles. The summed E-state index contributed by atoms with van der Waals surface area (Å²) >= 11 is 5.77. The second-order valence-electron chi connectivity index (χ2n) is 5.84. The first-order valence-electron chi connectivity index (χ1n) is 8.51. The third kappa shape index (κ3) is 6.69. The van der Waals surface area contributed by atoms with Gasteiger partial charge in [-0.3, -0.25) is 0 Å². The van der Waals surface area contributed by atoms with Gasteiger partial charge in [-0.15, -0.1) is 11.6 Å². The highest BCUT2D eigenvalue weighted by Gasteiger charge is 2.15. The Morgan fingerprint density at radius 3 is 2.65 bits per heavy atom. The quantitative estimate of drug-likeness (QED) is 0.243. The minimum absolute atomic E-state index is 0. The lowest BCUT2D eigenvalue weighted by Gasteiger charge is -2.03. The number of unbranched alkanes of at least 4 members (excludes halogenated alkanes) is 3. The fraction of sp³-hybridized carbons (Fsp3) is 0.625. The van der Waals surface area contributed by atoms with Crippen LogP contribution in [-0.4, -0.2) is 20.2 Å². The molecule has 10 heteroatoms. The molecular formula is C16H30BrClN8. The number of imidazole rings is 1. The number of hydrogen-bond acceptors (Lipinski definition) is 5. The molecule has 2 heterocycles. The Morgan fingerprint density at radius 2 is 1.96 bits per heavy atom. The van der Waals surface area contributed by atoms with Gasteiger partial charge in [-0.25, -0.2) is 13.8 Å². The van der Waals surface area contributed by atoms with Gasteiger partial charge in [0.15, 0.2) is 11.5 Å². The van der Waals surface area contributed by atoms with E-state index in [1.807, 2.05) is 28.6 Å². The highest BCUT2D eigenvalue weighted by atomic mass is 79.9. The fourth-order valence-corrected chi connectivity index (χ4v) is 2.60. The van der Waals surface area contributed by atoms with E-state index in [4.69, 9.17) is 17.3 Å². The minimum atomic E-state index is 0. The topological polar surface area (TPSA) is 112 Å². The molecule has 0 aliphatic heterocycles. The van der Waals surface area contributed by atoms with E-state index >= 15 is 0 Å². The predicted octanol–water partition coefficient (Wildman–Crippen LogP) is 0.882. The van der Waals surface area contributed by atoms with Crippen molar-refractivity contribution in [2.45, 2.75) is 52.1 Å². The summed E-state index contributed by atoms with van der Waals surface area (Å²) in [6.45, 7) is 3.83. The standard InChI is InChI=1S/C16H26ClN7.BrH.H3N/c1-3-4-5-6-10-24-15(18)14(13-19-24)20-21-16-22(2)11-12-23(16)9-7-8-17;;/h11-13,18H,3-10H2,1-2H3;1H;1H3. The molecule has 0 aliphatic carbocycles. The summed E-state index contributed by atoms with van der Waals surface area (Å²) < 4.78 is 5.75. The molecule has 5 N–H and O–H groups in total. The number of halogens is 2. The zero-order valence-electron chi connectivity index (χ0n) is 15.6. The van der Waals surface area contributed by atoms with Crippen LogP contribution in [0.15, 0.2) is 28.8 Å². The summed E-state index contributed by atoms with van der Waals surface area (Å²) in [5.74, 6) is 1.95. The van der Waals surface area contributed by atoms with E-state index < -0.39 is 0 Å². The average Bonchev–Trinajstić information content (AvgIpc) is 3.11. The summed E-state index contributed by atoms with van der Waals surface area (Å²) in [6, 6.07) is 0. The minimum Gasteiger partial charge on any atom is -1.00 e. The Bertz CT molecular complexity index is 667. The SMILES string of the molecule is CCCCCCn1ncc(N=Nc2n(CCCCl)cc[n+]2C)c1N.N.[Br-]. The van der Waals surface area contributed by atoms with Gasteiger partial charge in [-0.1, -0.05) is 31.3 Å². The van der Waals surface area contributed by atoms with Crippen molar-refractivity contribution in [1.29, 1.82) is 0 Å². The average molecular weight is 450 g/mol. The van der Waals surface area contributed by atoms with E-state index in [2.05, 4.69) is 22.3 Å². The van der Waals surface area contributed by atoms with Gasteiger partial charge in [0.25, 0.3) is 0 Å². The molecule has 0 saturated carbocycles. The zero-order chi connectivity index (χ0) is 17.4. The number of aromatic nitrogens is 4. The second-order valence-corrected chi connectivity index (χ2v) is 6.22. The maximum Gasteiger partial charge on any atom is 0.421 e. The summed E-state index contributed by atoms with van der Waals surface area (Å²) in [5.41, 5.74) is 6.74. The van der Waals surface area contributed by atoms with Crippen molar-refractivity contribution >= 4 is 29.1 Å². The van der Waals surface area contributed by atoms with Gasteiger partial charge in [0.1, 0.15) is 0 Å². The van der Waals surface area contributed by atoms with Crippen molar-refractivity contribution in [2.75, 3.05) is 11.6 Å². The maximum absolute atomic E-state index is 6.13. The van der Waals surface area contributed by atoms with Crippen molar-refractivity contribution in [3.63, 3.8) is 0 Å². The van der Waals surface area contributed by atoms with E-state index in [-0.39, 0.29) is 23.1 Å². The normalized spacial score (nSPS) is 10.7. The predicted molar refractivity (Wildman–Crippen MR) is 101 cm³/mol.